The van der Waals surface area contributed by atoms with Gasteiger partial charge in [0.15, 0.2) is 5.16 Å². The molecule has 0 radical (unpaired) electrons. The third-order valence-corrected chi connectivity index (χ3v) is 4.77. The van der Waals surface area contributed by atoms with E-state index >= 15 is 0 Å². The van der Waals surface area contributed by atoms with Crippen LogP contribution in [0.1, 0.15) is 15.9 Å². The maximum Gasteiger partial charge on any atom is 0.262 e. The Morgan fingerprint density at radius 1 is 1.24 bits per heavy atom. The number of amides is 1. The summed E-state index contributed by atoms with van der Waals surface area (Å²) in [6.45, 7) is 4.11. The van der Waals surface area contributed by atoms with Crippen LogP contribution in [0.4, 0.5) is 0 Å². The van der Waals surface area contributed by atoms with Crippen molar-refractivity contribution in [2.24, 2.45) is 5.73 Å². The van der Waals surface area contributed by atoms with Crippen LogP contribution in [0, 0.1) is 0 Å². The summed E-state index contributed by atoms with van der Waals surface area (Å²) in [7, 11) is 0. The molecule has 1 aromatic heterocycles. The van der Waals surface area contributed by atoms with Gasteiger partial charge in [-0.25, -0.2) is 4.98 Å². The number of carbonyl (C=O) groups excluding carboxylic acids is 1. The largest absolute Gasteiger partial charge is 0.366 e. The summed E-state index contributed by atoms with van der Waals surface area (Å²) in [5, 5.41) is 1.21. The quantitative estimate of drug-likeness (QED) is 0.421. The zero-order valence-electron chi connectivity index (χ0n) is 13.5. The number of allylic oxidation sites excluding steroid dienone is 1. The topological polar surface area (TPSA) is 78.0 Å². The Morgan fingerprint density at radius 2 is 2.04 bits per heavy atom. The maximum atomic E-state index is 12.7. The van der Waals surface area contributed by atoms with E-state index in [0.717, 1.165) is 5.56 Å². The molecular weight excluding hydrogens is 334 g/mol. The molecule has 0 fully saturated rings. The first-order chi connectivity index (χ1) is 12.1. The molecule has 0 aliphatic carbocycles. The maximum absolute atomic E-state index is 12.7. The summed E-state index contributed by atoms with van der Waals surface area (Å²) in [5.41, 5.74) is 7.31. The highest BCUT2D eigenvalue weighted by Gasteiger charge is 2.11. The Kier molecular flexibility index (Phi) is 5.00. The van der Waals surface area contributed by atoms with E-state index in [9.17, 15) is 9.59 Å². The number of primary amides is 1. The highest BCUT2D eigenvalue weighted by atomic mass is 32.2. The molecule has 3 rings (SSSR count). The number of nitrogens with zero attached hydrogens (tertiary/aromatic N) is 2. The zero-order valence-corrected chi connectivity index (χ0v) is 14.3. The Hall–Kier alpha value is -2.86. The third kappa shape index (κ3) is 3.64. The van der Waals surface area contributed by atoms with E-state index in [1.807, 2.05) is 24.3 Å². The SMILES string of the molecule is C=CCn1c(SCc2cccc(C(N)=O)c2)nc2ccccc2c1=O. The minimum absolute atomic E-state index is 0.0844. The summed E-state index contributed by atoms with van der Waals surface area (Å²) >= 11 is 1.44. The molecule has 0 bridgehead atoms. The van der Waals surface area contributed by atoms with Gasteiger partial charge >= 0.3 is 0 Å². The molecule has 2 aromatic carbocycles. The van der Waals surface area contributed by atoms with Crippen molar-refractivity contribution in [1.82, 2.24) is 9.55 Å². The third-order valence-electron chi connectivity index (χ3n) is 3.72. The Balaban J connectivity index is 1.96. The zero-order chi connectivity index (χ0) is 17.8. The van der Waals surface area contributed by atoms with Crippen LogP contribution >= 0.6 is 11.8 Å². The van der Waals surface area contributed by atoms with Crippen molar-refractivity contribution < 1.29 is 4.79 Å². The summed E-state index contributed by atoms with van der Waals surface area (Å²) in [6.07, 6.45) is 1.68. The van der Waals surface area contributed by atoms with E-state index < -0.39 is 5.91 Å². The Bertz CT molecular complexity index is 1010. The Morgan fingerprint density at radius 3 is 2.80 bits per heavy atom. The molecule has 25 heavy (non-hydrogen) atoms. The second kappa shape index (κ2) is 7.36. The van der Waals surface area contributed by atoms with Crippen molar-refractivity contribution in [3.05, 3.63) is 82.7 Å². The standard InChI is InChI=1S/C19H17N3O2S/c1-2-10-22-18(24)15-8-3-4-9-16(15)21-19(22)25-12-13-6-5-7-14(11-13)17(20)23/h2-9,11H,1,10,12H2,(H2,20,23). The van der Waals surface area contributed by atoms with Gasteiger partial charge in [-0.3, -0.25) is 14.2 Å². The molecule has 0 aliphatic rings. The fourth-order valence-electron chi connectivity index (χ4n) is 2.51. The van der Waals surface area contributed by atoms with Crippen LogP contribution in [-0.4, -0.2) is 15.5 Å². The number of rotatable bonds is 6. The molecule has 0 saturated carbocycles. The van der Waals surface area contributed by atoms with E-state index in [2.05, 4.69) is 11.6 Å². The van der Waals surface area contributed by atoms with Crippen molar-refractivity contribution in [3.63, 3.8) is 0 Å². The van der Waals surface area contributed by atoms with Crippen molar-refractivity contribution in [3.8, 4) is 0 Å². The minimum atomic E-state index is -0.459. The van der Waals surface area contributed by atoms with Crippen LogP contribution in [0.25, 0.3) is 10.9 Å². The number of para-hydroxylation sites is 1. The van der Waals surface area contributed by atoms with Gasteiger partial charge in [-0.05, 0) is 29.8 Å². The highest BCUT2D eigenvalue weighted by molar-refractivity contribution is 7.98. The number of aromatic nitrogens is 2. The number of benzene rings is 2. The van der Waals surface area contributed by atoms with E-state index in [4.69, 9.17) is 5.73 Å². The predicted octanol–water partition coefficient (Wildman–Crippen LogP) is 2.97. The second-order valence-electron chi connectivity index (χ2n) is 5.47. The van der Waals surface area contributed by atoms with Gasteiger partial charge in [0.25, 0.3) is 5.56 Å². The van der Waals surface area contributed by atoms with Gasteiger partial charge in [0.2, 0.25) is 5.91 Å². The average molecular weight is 351 g/mol. The molecule has 126 valence electrons. The van der Waals surface area contributed by atoms with Crippen LogP contribution < -0.4 is 11.3 Å². The van der Waals surface area contributed by atoms with E-state index in [0.29, 0.717) is 33.9 Å². The summed E-state index contributed by atoms with van der Waals surface area (Å²) < 4.78 is 1.61. The van der Waals surface area contributed by atoms with Gasteiger partial charge < -0.3 is 5.73 Å². The van der Waals surface area contributed by atoms with Gasteiger partial charge in [-0.2, -0.15) is 0 Å². The summed E-state index contributed by atoms with van der Waals surface area (Å²) in [4.78, 5) is 28.6. The molecule has 1 amide bonds. The number of thioether (sulfide) groups is 1. The molecule has 0 spiro atoms. The molecule has 0 saturated heterocycles. The fourth-order valence-corrected chi connectivity index (χ4v) is 3.46. The molecule has 6 heteroatoms. The lowest BCUT2D eigenvalue weighted by molar-refractivity contribution is 0.1000. The Labute approximate surface area is 149 Å². The minimum Gasteiger partial charge on any atom is -0.366 e. The molecule has 3 aromatic rings. The molecule has 0 unspecified atom stereocenters. The van der Waals surface area contributed by atoms with Crippen LogP contribution in [-0.2, 0) is 12.3 Å². The van der Waals surface area contributed by atoms with Gasteiger partial charge in [-0.15, -0.1) is 6.58 Å². The first-order valence-corrected chi connectivity index (χ1v) is 8.70. The van der Waals surface area contributed by atoms with Gasteiger partial charge in [0.1, 0.15) is 0 Å². The van der Waals surface area contributed by atoms with Gasteiger partial charge in [0, 0.05) is 17.9 Å². The lowest BCUT2D eigenvalue weighted by atomic mass is 10.1. The summed E-state index contributed by atoms with van der Waals surface area (Å²) in [5.74, 6) is 0.113. The first-order valence-electron chi connectivity index (χ1n) is 7.72. The second-order valence-corrected chi connectivity index (χ2v) is 6.41. The van der Waals surface area contributed by atoms with E-state index in [1.165, 1.54) is 11.8 Å². The normalized spacial score (nSPS) is 10.7. The molecular formula is C19H17N3O2S. The smallest absolute Gasteiger partial charge is 0.262 e. The molecule has 0 atom stereocenters. The van der Waals surface area contributed by atoms with Crippen molar-refractivity contribution >= 4 is 28.6 Å². The average Bonchev–Trinajstić information content (AvgIpc) is 2.63. The molecule has 2 N–H and O–H groups in total. The molecule has 1 heterocycles. The number of hydrogen-bond acceptors (Lipinski definition) is 4. The van der Waals surface area contributed by atoms with Crippen molar-refractivity contribution in [2.75, 3.05) is 0 Å². The highest BCUT2D eigenvalue weighted by Crippen LogP contribution is 2.22. The fraction of sp³-hybridized carbons (Fsp3) is 0.105. The first kappa shape index (κ1) is 17.0. The number of hydrogen-bond donors (Lipinski definition) is 1. The van der Waals surface area contributed by atoms with Crippen LogP contribution in [0.2, 0.25) is 0 Å². The lowest BCUT2D eigenvalue weighted by Crippen LogP contribution is -2.22. The van der Waals surface area contributed by atoms with Gasteiger partial charge in [0.05, 0.1) is 10.9 Å². The van der Waals surface area contributed by atoms with Crippen LogP contribution in [0.5, 0.6) is 0 Å². The van der Waals surface area contributed by atoms with E-state index in [1.54, 1.807) is 34.9 Å². The number of carbonyl (C=O) groups is 1. The monoisotopic (exact) mass is 351 g/mol. The molecule has 5 nitrogen and oxygen atoms in total. The number of nitrogens with two attached hydrogens (primary N) is 1. The van der Waals surface area contributed by atoms with Crippen molar-refractivity contribution in [2.45, 2.75) is 17.5 Å². The van der Waals surface area contributed by atoms with E-state index in [-0.39, 0.29) is 5.56 Å². The van der Waals surface area contributed by atoms with Crippen LogP contribution in [0.15, 0.2) is 71.1 Å². The van der Waals surface area contributed by atoms with Crippen LogP contribution in [0.3, 0.4) is 0 Å². The van der Waals surface area contributed by atoms with Gasteiger partial charge in [-0.1, -0.05) is 42.1 Å². The predicted molar refractivity (Wildman–Crippen MR) is 101 cm³/mol. The van der Waals surface area contributed by atoms with Crippen molar-refractivity contribution in [1.29, 1.82) is 0 Å². The molecule has 0 aliphatic heterocycles. The lowest BCUT2D eigenvalue weighted by Gasteiger charge is -2.11. The summed E-state index contributed by atoms with van der Waals surface area (Å²) in [6, 6.07) is 14.4. The number of fused-ring (bicyclic) bond motifs is 1.